The summed E-state index contributed by atoms with van der Waals surface area (Å²) in [5, 5.41) is 5.22. The molecule has 3 rings (SSSR count). The predicted molar refractivity (Wildman–Crippen MR) is 98.6 cm³/mol. The van der Waals surface area contributed by atoms with Gasteiger partial charge in [-0.05, 0) is 37.6 Å². The summed E-state index contributed by atoms with van der Waals surface area (Å²) in [5.74, 6) is -1.35. The lowest BCUT2D eigenvalue weighted by molar-refractivity contribution is -0.120. The van der Waals surface area contributed by atoms with Crippen LogP contribution >= 0.6 is 11.6 Å². The molecular formula is C18H16ClN3O4. The molecule has 1 aromatic heterocycles. The lowest BCUT2D eigenvalue weighted by atomic mass is 10.1. The first-order chi connectivity index (χ1) is 12.3. The average Bonchev–Trinajstić information content (AvgIpc) is 2.85. The molecule has 1 heterocycles. The molecule has 0 spiro atoms. The van der Waals surface area contributed by atoms with E-state index in [1.165, 1.54) is 6.07 Å². The van der Waals surface area contributed by atoms with Crippen molar-refractivity contribution in [2.24, 2.45) is 0 Å². The summed E-state index contributed by atoms with van der Waals surface area (Å²) in [4.78, 5) is 36.0. The predicted octanol–water partition coefficient (Wildman–Crippen LogP) is 3.21. The van der Waals surface area contributed by atoms with Crippen LogP contribution in [-0.4, -0.2) is 16.5 Å². The Morgan fingerprint density at radius 3 is 2.65 bits per heavy atom. The molecular weight excluding hydrogens is 358 g/mol. The Bertz CT molecular complexity index is 1070. The van der Waals surface area contributed by atoms with E-state index in [9.17, 15) is 14.4 Å². The van der Waals surface area contributed by atoms with E-state index in [0.29, 0.717) is 16.2 Å². The minimum atomic E-state index is -0.702. The van der Waals surface area contributed by atoms with Crippen LogP contribution < -0.4 is 16.4 Å². The number of urea groups is 1. The summed E-state index contributed by atoms with van der Waals surface area (Å²) in [5.41, 5.74) is 3.23. The highest BCUT2D eigenvalue weighted by atomic mass is 35.5. The molecule has 0 aliphatic carbocycles. The van der Waals surface area contributed by atoms with Crippen LogP contribution in [-0.2, 0) is 11.3 Å². The minimum Gasteiger partial charge on any atom is -0.408 e. The maximum absolute atomic E-state index is 12.1. The fraction of sp³-hybridized carbons (Fsp3) is 0.167. The van der Waals surface area contributed by atoms with Crippen LogP contribution in [0.4, 0.5) is 10.5 Å². The van der Waals surface area contributed by atoms with Gasteiger partial charge in [0.1, 0.15) is 6.54 Å². The molecule has 0 atom stereocenters. The van der Waals surface area contributed by atoms with Crippen LogP contribution in [0.3, 0.4) is 0 Å². The second-order valence-corrected chi connectivity index (χ2v) is 6.32. The first-order valence-electron chi connectivity index (χ1n) is 7.80. The van der Waals surface area contributed by atoms with Crippen molar-refractivity contribution < 1.29 is 14.0 Å². The number of hydrogen-bond donors (Lipinski definition) is 2. The highest BCUT2D eigenvalue weighted by Gasteiger charge is 2.15. The van der Waals surface area contributed by atoms with Gasteiger partial charge in [0.05, 0.1) is 5.52 Å². The van der Waals surface area contributed by atoms with Crippen LogP contribution in [0.25, 0.3) is 11.1 Å². The summed E-state index contributed by atoms with van der Waals surface area (Å²) in [6, 6.07) is 9.50. The van der Waals surface area contributed by atoms with Crippen LogP contribution in [0.1, 0.15) is 11.1 Å². The Morgan fingerprint density at radius 2 is 1.92 bits per heavy atom. The molecule has 0 saturated carbocycles. The van der Waals surface area contributed by atoms with Crippen molar-refractivity contribution in [1.29, 1.82) is 0 Å². The van der Waals surface area contributed by atoms with Crippen molar-refractivity contribution in [3.8, 4) is 0 Å². The number of anilines is 1. The number of imide groups is 1. The number of hydrogen-bond acceptors (Lipinski definition) is 4. The number of amides is 3. The van der Waals surface area contributed by atoms with Crippen molar-refractivity contribution >= 4 is 40.3 Å². The Kier molecular flexibility index (Phi) is 4.81. The van der Waals surface area contributed by atoms with E-state index < -0.39 is 17.7 Å². The van der Waals surface area contributed by atoms with Gasteiger partial charge in [-0.3, -0.25) is 14.7 Å². The van der Waals surface area contributed by atoms with Gasteiger partial charge in [-0.15, -0.1) is 0 Å². The van der Waals surface area contributed by atoms with Crippen LogP contribution in [0.2, 0.25) is 5.02 Å². The third-order valence-electron chi connectivity index (χ3n) is 3.82. The summed E-state index contributed by atoms with van der Waals surface area (Å²) >= 11 is 5.85. The number of fused-ring (bicyclic) bond motifs is 1. The Balaban J connectivity index is 1.70. The summed E-state index contributed by atoms with van der Waals surface area (Å²) in [7, 11) is 0. The molecule has 26 heavy (non-hydrogen) atoms. The molecule has 3 amide bonds. The fourth-order valence-electron chi connectivity index (χ4n) is 2.61. The average molecular weight is 374 g/mol. The number of nitrogens with zero attached hydrogens (tertiary/aromatic N) is 1. The minimum absolute atomic E-state index is 0.273. The second-order valence-electron chi connectivity index (χ2n) is 5.89. The first kappa shape index (κ1) is 17.8. The molecule has 0 unspecified atom stereocenters. The van der Waals surface area contributed by atoms with Crippen molar-refractivity contribution in [2.75, 3.05) is 5.32 Å². The normalized spacial score (nSPS) is 10.7. The van der Waals surface area contributed by atoms with Crippen molar-refractivity contribution in [3.63, 3.8) is 0 Å². The van der Waals surface area contributed by atoms with Gasteiger partial charge in [-0.25, -0.2) is 9.59 Å². The summed E-state index contributed by atoms with van der Waals surface area (Å²) < 4.78 is 6.18. The largest absolute Gasteiger partial charge is 0.420 e. The fourth-order valence-corrected chi connectivity index (χ4v) is 2.77. The second kappa shape index (κ2) is 7.05. The zero-order valence-electron chi connectivity index (χ0n) is 14.1. The van der Waals surface area contributed by atoms with Gasteiger partial charge in [-0.2, -0.15) is 0 Å². The lowest BCUT2D eigenvalue weighted by Gasteiger charge is -2.10. The number of carbonyl (C=O) groups excluding carboxylic acids is 2. The monoisotopic (exact) mass is 373 g/mol. The molecule has 0 radical (unpaired) electrons. The summed E-state index contributed by atoms with van der Waals surface area (Å²) in [6.45, 7) is 3.45. The van der Waals surface area contributed by atoms with E-state index in [4.69, 9.17) is 16.0 Å². The van der Waals surface area contributed by atoms with Gasteiger partial charge in [0.2, 0.25) is 5.91 Å². The number of oxazole rings is 1. The highest BCUT2D eigenvalue weighted by molar-refractivity contribution is 6.31. The van der Waals surface area contributed by atoms with Crippen molar-refractivity contribution in [3.05, 3.63) is 63.1 Å². The number of nitrogens with one attached hydrogen (secondary N) is 2. The van der Waals surface area contributed by atoms with Gasteiger partial charge < -0.3 is 9.73 Å². The lowest BCUT2D eigenvalue weighted by Crippen LogP contribution is -2.38. The maximum atomic E-state index is 12.1. The summed E-state index contributed by atoms with van der Waals surface area (Å²) in [6.07, 6.45) is 0. The van der Waals surface area contributed by atoms with E-state index in [-0.39, 0.29) is 12.1 Å². The van der Waals surface area contributed by atoms with Gasteiger partial charge in [0.25, 0.3) is 0 Å². The van der Waals surface area contributed by atoms with Crippen LogP contribution in [0.5, 0.6) is 0 Å². The molecule has 7 nitrogen and oxygen atoms in total. The quantitative estimate of drug-likeness (QED) is 0.737. The van der Waals surface area contributed by atoms with Gasteiger partial charge >= 0.3 is 11.8 Å². The molecule has 134 valence electrons. The zero-order chi connectivity index (χ0) is 18.8. The molecule has 2 aromatic carbocycles. The standard InChI is InChI=1S/C18H16ClN3O4/c1-10-3-5-13(11(2)7-10)20-17(24)21-16(23)9-22-14-6-4-12(19)8-15(14)26-18(22)25/h3-8H,9H2,1-2H3,(H2,20,21,23,24). The molecule has 0 aliphatic heterocycles. The number of benzene rings is 2. The van der Waals surface area contributed by atoms with Crippen molar-refractivity contribution in [1.82, 2.24) is 9.88 Å². The van der Waals surface area contributed by atoms with Gasteiger partial charge in [0, 0.05) is 16.8 Å². The van der Waals surface area contributed by atoms with Gasteiger partial charge in [-0.1, -0.05) is 29.3 Å². The molecule has 0 bridgehead atoms. The van der Waals surface area contributed by atoms with Crippen LogP contribution in [0, 0.1) is 13.8 Å². The number of aromatic nitrogens is 1. The van der Waals surface area contributed by atoms with Gasteiger partial charge in [0.15, 0.2) is 5.58 Å². The number of carbonyl (C=O) groups is 2. The molecule has 0 aliphatic rings. The van der Waals surface area contributed by atoms with E-state index >= 15 is 0 Å². The molecule has 3 aromatic rings. The number of rotatable bonds is 3. The molecule has 0 fully saturated rings. The topological polar surface area (TPSA) is 93.3 Å². The van der Waals surface area contributed by atoms with Crippen molar-refractivity contribution in [2.45, 2.75) is 20.4 Å². The first-order valence-corrected chi connectivity index (χ1v) is 8.18. The maximum Gasteiger partial charge on any atom is 0.420 e. The molecule has 0 saturated heterocycles. The van der Waals surface area contributed by atoms with E-state index in [2.05, 4.69) is 10.6 Å². The van der Waals surface area contributed by atoms with E-state index in [1.807, 2.05) is 26.0 Å². The number of aryl methyl sites for hydroxylation is 2. The zero-order valence-corrected chi connectivity index (χ0v) is 14.9. The Labute approximate surface area is 153 Å². The Hall–Kier alpha value is -3.06. The number of halogens is 1. The van der Waals surface area contributed by atoms with E-state index in [1.54, 1.807) is 18.2 Å². The third kappa shape index (κ3) is 3.78. The SMILES string of the molecule is Cc1ccc(NC(=O)NC(=O)Cn2c(=O)oc3cc(Cl)ccc32)c(C)c1. The Morgan fingerprint density at radius 1 is 1.15 bits per heavy atom. The third-order valence-corrected chi connectivity index (χ3v) is 4.05. The molecule has 8 heteroatoms. The highest BCUT2D eigenvalue weighted by Crippen LogP contribution is 2.18. The van der Waals surface area contributed by atoms with E-state index in [0.717, 1.165) is 15.7 Å². The van der Waals surface area contributed by atoms with Crippen LogP contribution in [0.15, 0.2) is 45.6 Å². The molecule has 2 N–H and O–H groups in total. The smallest absolute Gasteiger partial charge is 0.408 e.